The average molecular weight is 332 g/mol. The molecule has 5 heteroatoms. The summed E-state index contributed by atoms with van der Waals surface area (Å²) in [6.45, 7) is 10.7. The third kappa shape index (κ3) is 6.13. The Morgan fingerprint density at radius 1 is 1.17 bits per heavy atom. The third-order valence-electron chi connectivity index (χ3n) is 4.79. The van der Waals surface area contributed by atoms with E-state index in [4.69, 9.17) is 5.73 Å². The van der Waals surface area contributed by atoms with Gasteiger partial charge in [0.1, 0.15) is 0 Å². The lowest BCUT2D eigenvalue weighted by Crippen LogP contribution is -2.52. The number of hydrogen-bond acceptors (Lipinski definition) is 3. The van der Waals surface area contributed by atoms with Crippen molar-refractivity contribution in [3.63, 3.8) is 0 Å². The second kappa shape index (κ2) is 9.64. The van der Waals surface area contributed by atoms with E-state index < -0.39 is 0 Å². The van der Waals surface area contributed by atoms with E-state index in [1.54, 1.807) is 0 Å². The molecule has 5 nitrogen and oxygen atoms in total. The Labute approximate surface area is 146 Å². The Kier molecular flexibility index (Phi) is 7.53. The molecule has 134 valence electrons. The maximum absolute atomic E-state index is 6.05. The summed E-state index contributed by atoms with van der Waals surface area (Å²) in [6, 6.07) is 10.9. The van der Waals surface area contributed by atoms with Crippen molar-refractivity contribution in [2.45, 2.75) is 26.3 Å². The number of nitrogens with zero attached hydrogens (tertiary/aromatic N) is 3. The van der Waals surface area contributed by atoms with Crippen LogP contribution in [-0.4, -0.2) is 68.1 Å². The van der Waals surface area contributed by atoms with Gasteiger partial charge in [-0.2, -0.15) is 0 Å². The second-order valence-corrected chi connectivity index (χ2v) is 7.04. The lowest BCUT2D eigenvalue weighted by Gasteiger charge is -2.39. The number of nitrogens with one attached hydrogen (secondary N) is 1. The summed E-state index contributed by atoms with van der Waals surface area (Å²) in [5.74, 6) is 1.14. The van der Waals surface area contributed by atoms with Crippen LogP contribution in [0.1, 0.15) is 19.4 Å². The van der Waals surface area contributed by atoms with E-state index in [-0.39, 0.29) is 0 Å². The van der Waals surface area contributed by atoms with Gasteiger partial charge in [0.25, 0.3) is 0 Å². The molecule has 0 aliphatic carbocycles. The molecule has 0 spiro atoms. The molecule has 1 heterocycles. The number of hydrogen-bond donors (Lipinski definition) is 2. The van der Waals surface area contributed by atoms with Gasteiger partial charge in [-0.1, -0.05) is 44.2 Å². The van der Waals surface area contributed by atoms with Crippen LogP contribution in [0.15, 0.2) is 35.3 Å². The summed E-state index contributed by atoms with van der Waals surface area (Å²) in [7, 11) is 2.19. The van der Waals surface area contributed by atoms with Crippen molar-refractivity contribution in [1.29, 1.82) is 0 Å². The second-order valence-electron chi connectivity index (χ2n) is 7.04. The van der Waals surface area contributed by atoms with Gasteiger partial charge in [0, 0.05) is 38.8 Å². The van der Waals surface area contributed by atoms with Crippen molar-refractivity contribution >= 4 is 5.96 Å². The van der Waals surface area contributed by atoms with E-state index in [9.17, 15) is 0 Å². The maximum Gasteiger partial charge on any atom is 0.188 e. The smallest absolute Gasteiger partial charge is 0.188 e. The zero-order chi connectivity index (χ0) is 17.4. The van der Waals surface area contributed by atoms with Crippen molar-refractivity contribution in [2.75, 3.05) is 46.3 Å². The number of piperazine rings is 1. The first-order chi connectivity index (χ1) is 11.6. The molecule has 0 amide bonds. The number of nitrogens with two attached hydrogens (primary N) is 1. The third-order valence-corrected chi connectivity index (χ3v) is 4.79. The zero-order valence-corrected chi connectivity index (χ0v) is 15.4. The molecule has 1 aromatic carbocycles. The number of likely N-dealkylation sites (N-methyl/N-ethyl adjacent to an activating group) is 1. The lowest BCUT2D eigenvalue weighted by molar-refractivity contribution is 0.0925. The van der Waals surface area contributed by atoms with E-state index in [2.05, 4.69) is 65.3 Å². The van der Waals surface area contributed by atoms with Crippen LogP contribution in [0, 0.1) is 5.92 Å². The van der Waals surface area contributed by atoms with Gasteiger partial charge in [0.2, 0.25) is 0 Å². The van der Waals surface area contributed by atoms with Crippen molar-refractivity contribution in [2.24, 2.45) is 16.6 Å². The van der Waals surface area contributed by atoms with E-state index in [0.717, 1.165) is 45.7 Å². The van der Waals surface area contributed by atoms with Crippen LogP contribution in [0.2, 0.25) is 0 Å². The van der Waals surface area contributed by atoms with Crippen LogP contribution in [0.25, 0.3) is 0 Å². The van der Waals surface area contributed by atoms with E-state index in [0.29, 0.717) is 17.9 Å². The molecule has 1 saturated heterocycles. The molecule has 0 radical (unpaired) electrons. The average Bonchev–Trinajstić information content (AvgIpc) is 2.57. The lowest BCUT2D eigenvalue weighted by atomic mass is 10.0. The first-order valence-corrected chi connectivity index (χ1v) is 9.06. The van der Waals surface area contributed by atoms with E-state index in [1.807, 2.05) is 6.07 Å². The number of aliphatic imine (C=N–C) groups is 1. The molecular formula is C19H33N5. The van der Waals surface area contributed by atoms with Crippen molar-refractivity contribution in [3.05, 3.63) is 35.9 Å². The van der Waals surface area contributed by atoms with Gasteiger partial charge in [-0.05, 0) is 24.9 Å². The van der Waals surface area contributed by atoms with Crippen LogP contribution in [0.4, 0.5) is 0 Å². The molecule has 1 aliphatic rings. The van der Waals surface area contributed by atoms with Gasteiger partial charge in [-0.15, -0.1) is 0 Å². The highest BCUT2D eigenvalue weighted by Crippen LogP contribution is 2.13. The number of guanidine groups is 1. The monoisotopic (exact) mass is 331 g/mol. The van der Waals surface area contributed by atoms with Crippen molar-refractivity contribution in [1.82, 2.24) is 15.1 Å². The Morgan fingerprint density at radius 2 is 1.83 bits per heavy atom. The summed E-state index contributed by atoms with van der Waals surface area (Å²) in [4.78, 5) is 9.55. The highest BCUT2D eigenvalue weighted by molar-refractivity contribution is 5.77. The van der Waals surface area contributed by atoms with Gasteiger partial charge in [-0.25, -0.2) is 0 Å². The Morgan fingerprint density at radius 3 is 2.46 bits per heavy atom. The molecule has 1 aliphatic heterocycles. The Hall–Kier alpha value is -1.59. The fourth-order valence-corrected chi connectivity index (χ4v) is 3.13. The van der Waals surface area contributed by atoms with Gasteiger partial charge >= 0.3 is 0 Å². The van der Waals surface area contributed by atoms with Crippen LogP contribution in [-0.2, 0) is 6.42 Å². The van der Waals surface area contributed by atoms with Gasteiger partial charge in [0.05, 0.1) is 6.54 Å². The summed E-state index contributed by atoms with van der Waals surface area (Å²) in [5.41, 5.74) is 7.37. The summed E-state index contributed by atoms with van der Waals surface area (Å²) >= 11 is 0. The van der Waals surface area contributed by atoms with Crippen molar-refractivity contribution in [3.8, 4) is 0 Å². The van der Waals surface area contributed by atoms with E-state index in [1.165, 1.54) is 5.56 Å². The minimum Gasteiger partial charge on any atom is -0.370 e. The van der Waals surface area contributed by atoms with Crippen LogP contribution in [0.5, 0.6) is 0 Å². The minimum atomic E-state index is 0.466. The SMILES string of the molecule is CC(C)C(CN=C(N)NCCc1ccccc1)N1CCN(C)CC1. The van der Waals surface area contributed by atoms with Gasteiger partial charge in [0.15, 0.2) is 5.96 Å². The quantitative estimate of drug-likeness (QED) is 0.586. The predicted octanol–water partition coefficient (Wildman–Crippen LogP) is 1.41. The highest BCUT2D eigenvalue weighted by atomic mass is 15.3. The standard InChI is InChI=1S/C19H33N5/c1-16(2)18(24-13-11-23(3)12-14-24)15-22-19(20)21-10-9-17-7-5-4-6-8-17/h4-8,16,18H,9-15H2,1-3H3,(H3,20,21,22). The predicted molar refractivity (Wildman–Crippen MR) is 102 cm³/mol. The molecule has 0 aromatic heterocycles. The first-order valence-electron chi connectivity index (χ1n) is 9.06. The molecule has 0 bridgehead atoms. The number of rotatable bonds is 7. The molecule has 1 fully saturated rings. The fraction of sp³-hybridized carbons (Fsp3) is 0.632. The Bertz CT molecular complexity index is 492. The highest BCUT2D eigenvalue weighted by Gasteiger charge is 2.24. The fourth-order valence-electron chi connectivity index (χ4n) is 3.13. The summed E-state index contributed by atoms with van der Waals surface area (Å²) in [6.07, 6.45) is 0.961. The normalized spacial score (nSPS) is 18.8. The van der Waals surface area contributed by atoms with Crippen LogP contribution < -0.4 is 11.1 Å². The first kappa shape index (κ1) is 18.7. The minimum absolute atomic E-state index is 0.466. The largest absolute Gasteiger partial charge is 0.370 e. The molecule has 3 N–H and O–H groups in total. The van der Waals surface area contributed by atoms with Crippen LogP contribution >= 0.6 is 0 Å². The maximum atomic E-state index is 6.05. The number of benzene rings is 1. The van der Waals surface area contributed by atoms with E-state index >= 15 is 0 Å². The topological polar surface area (TPSA) is 56.9 Å². The summed E-state index contributed by atoms with van der Waals surface area (Å²) in [5, 5.41) is 3.24. The van der Waals surface area contributed by atoms with Crippen LogP contribution in [0.3, 0.4) is 0 Å². The molecule has 1 unspecified atom stereocenters. The molecule has 24 heavy (non-hydrogen) atoms. The zero-order valence-electron chi connectivity index (χ0n) is 15.4. The molecule has 1 atom stereocenters. The van der Waals surface area contributed by atoms with Crippen molar-refractivity contribution < 1.29 is 0 Å². The molecule has 2 rings (SSSR count). The molecular weight excluding hydrogens is 298 g/mol. The van der Waals surface area contributed by atoms with Gasteiger partial charge < -0.3 is 16.0 Å². The Balaban J connectivity index is 1.77. The molecule has 1 aromatic rings. The molecule has 0 saturated carbocycles. The van der Waals surface area contributed by atoms with Gasteiger partial charge in [-0.3, -0.25) is 9.89 Å². The summed E-state index contributed by atoms with van der Waals surface area (Å²) < 4.78 is 0.